The second-order valence-corrected chi connectivity index (χ2v) is 7.32. The number of pyridine rings is 1. The molecule has 0 aliphatic carbocycles. The van der Waals surface area contributed by atoms with E-state index in [9.17, 15) is 9.59 Å². The zero-order valence-corrected chi connectivity index (χ0v) is 17.0. The molecule has 0 atom stereocenters. The molecular formula is C21H17Cl2N3O3. The number of nitrogens with one attached hydrogen (secondary N) is 1. The van der Waals surface area contributed by atoms with Gasteiger partial charge in [-0.2, -0.15) is 0 Å². The number of hydrogen-bond acceptors (Lipinski definition) is 3. The summed E-state index contributed by atoms with van der Waals surface area (Å²) in [6, 6.07) is 15.4. The van der Waals surface area contributed by atoms with Crippen LogP contribution in [0.3, 0.4) is 0 Å². The number of fused-ring (bicyclic) bond motifs is 1. The molecule has 2 aromatic carbocycles. The Balaban J connectivity index is 2.08. The average Bonchev–Trinajstić information content (AvgIpc) is 3.03. The Labute approximate surface area is 175 Å². The molecule has 0 aliphatic rings. The quantitative estimate of drug-likeness (QED) is 0.519. The van der Waals surface area contributed by atoms with Crippen LogP contribution in [-0.2, 0) is 11.3 Å². The minimum absolute atomic E-state index is 0.243. The third-order valence-corrected chi connectivity index (χ3v) is 5.26. The molecule has 2 aromatic heterocycles. The molecule has 0 saturated carbocycles. The molecule has 6 nitrogen and oxygen atoms in total. The number of ether oxygens (including phenoxy) is 1. The second kappa shape index (κ2) is 7.91. The molecule has 4 aromatic rings. The Kier molecular flexibility index (Phi) is 5.32. The van der Waals surface area contributed by atoms with Gasteiger partial charge in [-0.05, 0) is 29.8 Å². The molecule has 0 aliphatic heterocycles. The van der Waals surface area contributed by atoms with Crippen molar-refractivity contribution < 1.29 is 4.74 Å². The standard InChI is InChI=1S/C21H17Cl2N3O3/c1-29-11-10-25-18(27)12-16-19(20(25)13-6-8-14(22)9-7-13)21(28)26(24-16)17-5-3-2-4-15(17)23/h2-9,12,24H,10-11H2,1H3. The van der Waals surface area contributed by atoms with Gasteiger partial charge in [-0.3, -0.25) is 14.7 Å². The first kappa shape index (κ1) is 19.5. The number of methoxy groups -OCH3 is 1. The number of hydrogen-bond donors (Lipinski definition) is 1. The van der Waals surface area contributed by atoms with E-state index in [-0.39, 0.29) is 11.1 Å². The van der Waals surface area contributed by atoms with Crippen molar-refractivity contribution in [3.05, 3.63) is 85.4 Å². The van der Waals surface area contributed by atoms with Crippen molar-refractivity contribution in [2.24, 2.45) is 0 Å². The normalized spacial score (nSPS) is 11.3. The van der Waals surface area contributed by atoms with Crippen LogP contribution in [0.2, 0.25) is 10.0 Å². The monoisotopic (exact) mass is 429 g/mol. The molecular weight excluding hydrogens is 413 g/mol. The second-order valence-electron chi connectivity index (χ2n) is 6.47. The van der Waals surface area contributed by atoms with Gasteiger partial charge < -0.3 is 9.30 Å². The molecule has 1 N–H and O–H groups in total. The summed E-state index contributed by atoms with van der Waals surface area (Å²) in [4.78, 5) is 26.2. The third-order valence-electron chi connectivity index (χ3n) is 4.69. The van der Waals surface area contributed by atoms with Crippen molar-refractivity contribution in [1.82, 2.24) is 14.3 Å². The van der Waals surface area contributed by atoms with Crippen LogP contribution in [0, 0.1) is 0 Å². The van der Waals surface area contributed by atoms with E-state index in [1.807, 2.05) is 0 Å². The molecule has 148 valence electrons. The SMILES string of the molecule is COCCn1c(-c2ccc(Cl)cc2)c2c(=O)n(-c3ccccc3Cl)[nH]c2cc1=O. The van der Waals surface area contributed by atoms with Gasteiger partial charge in [-0.1, -0.05) is 47.5 Å². The Bertz CT molecular complexity index is 1300. The van der Waals surface area contributed by atoms with Gasteiger partial charge in [-0.25, -0.2) is 4.68 Å². The summed E-state index contributed by atoms with van der Waals surface area (Å²) in [6.45, 7) is 0.634. The summed E-state index contributed by atoms with van der Waals surface area (Å²) in [6.07, 6.45) is 0. The first-order valence-electron chi connectivity index (χ1n) is 8.89. The molecule has 4 rings (SSSR count). The molecule has 29 heavy (non-hydrogen) atoms. The maximum atomic E-state index is 13.4. The number of nitrogens with zero attached hydrogens (tertiary/aromatic N) is 2. The molecule has 0 spiro atoms. The van der Waals surface area contributed by atoms with Gasteiger partial charge >= 0.3 is 0 Å². The number of rotatable bonds is 5. The Morgan fingerprint density at radius 1 is 1.03 bits per heavy atom. The molecule has 8 heteroatoms. The van der Waals surface area contributed by atoms with E-state index >= 15 is 0 Å². The molecule has 0 radical (unpaired) electrons. The van der Waals surface area contributed by atoms with Crippen molar-refractivity contribution in [1.29, 1.82) is 0 Å². The molecule has 0 fully saturated rings. The summed E-state index contributed by atoms with van der Waals surface area (Å²) in [5.41, 5.74) is 1.60. The number of aromatic nitrogens is 3. The molecule has 0 amide bonds. The summed E-state index contributed by atoms with van der Waals surface area (Å²) in [5.74, 6) is 0. The summed E-state index contributed by atoms with van der Waals surface area (Å²) in [7, 11) is 1.56. The predicted octanol–water partition coefficient (Wildman–Crippen LogP) is 4.10. The number of H-pyrrole nitrogens is 1. The summed E-state index contributed by atoms with van der Waals surface area (Å²) in [5, 5.41) is 4.39. The van der Waals surface area contributed by atoms with Crippen LogP contribution in [0.1, 0.15) is 0 Å². The van der Waals surface area contributed by atoms with Crippen LogP contribution in [0.25, 0.3) is 27.8 Å². The van der Waals surface area contributed by atoms with Crippen LogP contribution in [-0.4, -0.2) is 28.1 Å². The lowest BCUT2D eigenvalue weighted by Gasteiger charge is -2.13. The zero-order chi connectivity index (χ0) is 20.5. The van der Waals surface area contributed by atoms with Crippen LogP contribution in [0.4, 0.5) is 0 Å². The summed E-state index contributed by atoms with van der Waals surface area (Å²) < 4.78 is 8.05. The first-order valence-corrected chi connectivity index (χ1v) is 9.65. The number of aromatic amines is 1. The van der Waals surface area contributed by atoms with Gasteiger partial charge in [0, 0.05) is 24.7 Å². The highest BCUT2D eigenvalue weighted by atomic mass is 35.5. The number of halogens is 2. The molecule has 0 unspecified atom stereocenters. The Morgan fingerprint density at radius 3 is 2.45 bits per heavy atom. The van der Waals surface area contributed by atoms with Crippen molar-refractivity contribution in [2.75, 3.05) is 13.7 Å². The van der Waals surface area contributed by atoms with Crippen molar-refractivity contribution in [3.63, 3.8) is 0 Å². The minimum atomic E-state index is -0.302. The fraction of sp³-hybridized carbons (Fsp3) is 0.143. The van der Waals surface area contributed by atoms with Gasteiger partial charge in [0.05, 0.1) is 33.9 Å². The summed E-state index contributed by atoms with van der Waals surface area (Å²) >= 11 is 12.3. The van der Waals surface area contributed by atoms with E-state index in [0.717, 1.165) is 0 Å². The zero-order valence-electron chi connectivity index (χ0n) is 15.5. The van der Waals surface area contributed by atoms with Crippen molar-refractivity contribution >= 4 is 34.1 Å². The van der Waals surface area contributed by atoms with Crippen LogP contribution in [0.15, 0.2) is 64.2 Å². The fourth-order valence-electron chi connectivity index (χ4n) is 3.35. The van der Waals surface area contributed by atoms with Crippen LogP contribution >= 0.6 is 23.2 Å². The number of benzene rings is 2. The Hall–Kier alpha value is -2.80. The maximum Gasteiger partial charge on any atom is 0.281 e. The average molecular weight is 430 g/mol. The largest absolute Gasteiger partial charge is 0.383 e. The smallest absolute Gasteiger partial charge is 0.281 e. The lowest BCUT2D eigenvalue weighted by molar-refractivity contribution is 0.187. The number of para-hydroxylation sites is 1. The maximum absolute atomic E-state index is 13.4. The van der Waals surface area contributed by atoms with Gasteiger partial charge in [0.15, 0.2) is 0 Å². The lowest BCUT2D eigenvalue weighted by atomic mass is 10.1. The van der Waals surface area contributed by atoms with Crippen LogP contribution in [0.5, 0.6) is 0 Å². The van der Waals surface area contributed by atoms with Gasteiger partial charge in [0.1, 0.15) is 0 Å². The third kappa shape index (κ3) is 3.51. The molecule has 2 heterocycles. The van der Waals surface area contributed by atoms with E-state index < -0.39 is 0 Å². The lowest BCUT2D eigenvalue weighted by Crippen LogP contribution is -2.24. The Morgan fingerprint density at radius 2 is 1.76 bits per heavy atom. The predicted molar refractivity (Wildman–Crippen MR) is 115 cm³/mol. The molecule has 0 saturated heterocycles. The van der Waals surface area contributed by atoms with E-state index in [2.05, 4.69) is 5.10 Å². The van der Waals surface area contributed by atoms with E-state index in [1.165, 1.54) is 10.7 Å². The highest BCUT2D eigenvalue weighted by Crippen LogP contribution is 2.27. The van der Waals surface area contributed by atoms with Gasteiger partial charge in [0.25, 0.3) is 11.1 Å². The highest BCUT2D eigenvalue weighted by molar-refractivity contribution is 6.32. The molecule has 0 bridgehead atoms. The van der Waals surface area contributed by atoms with Crippen LogP contribution < -0.4 is 11.1 Å². The van der Waals surface area contributed by atoms with Crippen molar-refractivity contribution in [2.45, 2.75) is 6.54 Å². The topological polar surface area (TPSA) is 69.0 Å². The van der Waals surface area contributed by atoms with E-state index in [4.69, 9.17) is 27.9 Å². The fourth-order valence-corrected chi connectivity index (χ4v) is 3.70. The van der Waals surface area contributed by atoms with Gasteiger partial charge in [0.2, 0.25) is 0 Å². The van der Waals surface area contributed by atoms with Crippen molar-refractivity contribution in [3.8, 4) is 16.9 Å². The van der Waals surface area contributed by atoms with E-state index in [1.54, 1.807) is 60.2 Å². The first-order chi connectivity index (χ1) is 14.0. The highest BCUT2D eigenvalue weighted by Gasteiger charge is 2.20. The minimum Gasteiger partial charge on any atom is -0.383 e. The van der Waals surface area contributed by atoms with Gasteiger partial charge in [-0.15, -0.1) is 0 Å². The van der Waals surface area contributed by atoms with E-state index in [0.29, 0.717) is 51.0 Å².